The smallest absolute Gasteiger partial charge is 0.267 e. The second-order valence-electron chi connectivity index (χ2n) is 6.41. The van der Waals surface area contributed by atoms with Gasteiger partial charge in [-0.25, -0.2) is 12.8 Å². The number of nitrogens with zero attached hydrogens (tertiary/aromatic N) is 1. The van der Waals surface area contributed by atoms with E-state index in [1.54, 1.807) is 11.4 Å². The number of halogens is 1. The van der Waals surface area contributed by atoms with Crippen LogP contribution in [0.25, 0.3) is 0 Å². The maximum Gasteiger partial charge on any atom is 0.267 e. The molecule has 1 aromatic heterocycles. The Hall–Kier alpha value is -2.55. The molecule has 4 rings (SSSR count). The van der Waals surface area contributed by atoms with E-state index in [4.69, 9.17) is 0 Å². The van der Waals surface area contributed by atoms with Crippen molar-refractivity contribution >= 4 is 33.0 Å². The Bertz CT molecular complexity index is 1140. The first-order valence-corrected chi connectivity index (χ1v) is 11.0. The minimum Gasteiger partial charge on any atom is -0.319 e. The minimum absolute atomic E-state index is 0.0103. The molecule has 0 atom stereocenters. The third-order valence-corrected chi connectivity index (χ3v) is 7.60. The third-order valence-electron chi connectivity index (χ3n) is 4.67. The van der Waals surface area contributed by atoms with Gasteiger partial charge >= 0.3 is 0 Å². The Balaban J connectivity index is 1.61. The topological polar surface area (TPSA) is 66.5 Å². The van der Waals surface area contributed by atoms with E-state index >= 15 is 0 Å². The van der Waals surface area contributed by atoms with Crippen LogP contribution in [0.1, 0.15) is 20.8 Å². The zero-order valence-electron chi connectivity index (χ0n) is 14.8. The summed E-state index contributed by atoms with van der Waals surface area (Å²) in [5, 5.41) is 4.01. The summed E-state index contributed by atoms with van der Waals surface area (Å²) in [6.45, 7) is 0.617. The van der Waals surface area contributed by atoms with Crippen molar-refractivity contribution in [3.05, 3.63) is 81.8 Å². The van der Waals surface area contributed by atoms with E-state index in [0.717, 1.165) is 22.5 Å². The highest BCUT2D eigenvalue weighted by Gasteiger charge is 2.32. The van der Waals surface area contributed by atoms with Gasteiger partial charge < -0.3 is 5.32 Å². The molecule has 0 fully saturated rings. The number of carbonyl (C=O) groups excluding carboxylic acids is 1. The number of anilines is 1. The normalized spacial score (nSPS) is 14.5. The second-order valence-corrected chi connectivity index (χ2v) is 9.23. The molecule has 3 aromatic rings. The lowest BCUT2D eigenvalue weighted by atomic mass is 10.0. The highest BCUT2D eigenvalue weighted by Crippen LogP contribution is 2.30. The van der Waals surface area contributed by atoms with Gasteiger partial charge in [0.2, 0.25) is 10.0 Å². The molecule has 2 heterocycles. The monoisotopic (exact) mass is 416 g/mol. The molecule has 0 radical (unpaired) electrons. The zero-order chi connectivity index (χ0) is 19.7. The van der Waals surface area contributed by atoms with Gasteiger partial charge in [0.1, 0.15) is 15.6 Å². The van der Waals surface area contributed by atoms with E-state index in [-0.39, 0.29) is 22.0 Å². The number of benzene rings is 2. The van der Waals surface area contributed by atoms with Crippen LogP contribution < -0.4 is 5.32 Å². The van der Waals surface area contributed by atoms with E-state index < -0.39 is 21.7 Å². The molecule has 1 aliphatic heterocycles. The Morgan fingerprint density at radius 1 is 1.04 bits per heavy atom. The van der Waals surface area contributed by atoms with Crippen molar-refractivity contribution in [1.82, 2.24) is 4.31 Å². The molecule has 1 aliphatic rings. The first-order chi connectivity index (χ1) is 13.5. The number of hydrogen-bond acceptors (Lipinski definition) is 4. The van der Waals surface area contributed by atoms with Crippen LogP contribution in [0.2, 0.25) is 0 Å². The van der Waals surface area contributed by atoms with E-state index in [0.29, 0.717) is 13.0 Å². The molecule has 0 saturated heterocycles. The number of fused-ring (bicyclic) bond motifs is 1. The summed E-state index contributed by atoms with van der Waals surface area (Å²) in [5.41, 5.74) is 2.11. The van der Waals surface area contributed by atoms with E-state index in [2.05, 4.69) is 5.32 Å². The SMILES string of the molecule is O=C(Nc1ccccc1F)c1sccc1S(=O)(=O)N1CCc2ccccc2C1. The van der Waals surface area contributed by atoms with Crippen LogP contribution in [-0.4, -0.2) is 25.2 Å². The minimum atomic E-state index is -3.85. The lowest BCUT2D eigenvalue weighted by molar-refractivity contribution is 0.102. The van der Waals surface area contributed by atoms with Crippen molar-refractivity contribution in [1.29, 1.82) is 0 Å². The number of carbonyl (C=O) groups is 1. The van der Waals surface area contributed by atoms with Gasteiger partial charge in [-0.2, -0.15) is 4.31 Å². The quantitative estimate of drug-likeness (QED) is 0.702. The summed E-state index contributed by atoms with van der Waals surface area (Å²) in [7, 11) is -3.85. The predicted molar refractivity (Wildman–Crippen MR) is 106 cm³/mol. The van der Waals surface area contributed by atoms with Crippen molar-refractivity contribution in [2.45, 2.75) is 17.9 Å². The zero-order valence-corrected chi connectivity index (χ0v) is 16.4. The molecule has 0 aliphatic carbocycles. The van der Waals surface area contributed by atoms with E-state index in [1.165, 1.54) is 28.6 Å². The Morgan fingerprint density at radius 3 is 2.54 bits per heavy atom. The highest BCUT2D eigenvalue weighted by atomic mass is 32.2. The number of para-hydroxylation sites is 1. The molecule has 5 nitrogen and oxygen atoms in total. The summed E-state index contributed by atoms with van der Waals surface area (Å²) in [6, 6.07) is 14.9. The maximum atomic E-state index is 13.8. The van der Waals surface area contributed by atoms with Crippen LogP contribution in [0.5, 0.6) is 0 Å². The Labute approximate surface area is 166 Å². The molecule has 0 saturated carbocycles. The number of amides is 1. The van der Waals surface area contributed by atoms with Crippen molar-refractivity contribution in [2.75, 3.05) is 11.9 Å². The summed E-state index contributed by atoms with van der Waals surface area (Å²) < 4.78 is 41.6. The number of nitrogens with one attached hydrogen (secondary N) is 1. The van der Waals surface area contributed by atoms with Gasteiger partial charge in [-0.1, -0.05) is 36.4 Å². The first kappa shape index (κ1) is 18.8. The number of sulfonamides is 1. The molecule has 1 N–H and O–H groups in total. The van der Waals surface area contributed by atoms with Crippen molar-refractivity contribution in [3.63, 3.8) is 0 Å². The standard InChI is InChI=1S/C20H17FN2O3S2/c21-16-7-3-4-8-17(16)22-20(24)19-18(10-12-27-19)28(25,26)23-11-9-14-5-1-2-6-15(14)13-23/h1-8,10,12H,9,11,13H2,(H,22,24). The molecule has 8 heteroatoms. The van der Waals surface area contributed by atoms with E-state index in [1.807, 2.05) is 24.3 Å². The summed E-state index contributed by atoms with van der Waals surface area (Å²) in [5.74, 6) is -1.22. The van der Waals surface area contributed by atoms with Crippen molar-refractivity contribution < 1.29 is 17.6 Å². The maximum absolute atomic E-state index is 13.8. The fraction of sp³-hybridized carbons (Fsp3) is 0.150. The van der Waals surface area contributed by atoms with Crippen LogP contribution in [0.15, 0.2) is 64.9 Å². The average molecular weight is 416 g/mol. The molecule has 2 aromatic carbocycles. The lowest BCUT2D eigenvalue weighted by Crippen LogP contribution is -2.36. The fourth-order valence-corrected chi connectivity index (χ4v) is 5.94. The number of rotatable bonds is 4. The largest absolute Gasteiger partial charge is 0.319 e. The fourth-order valence-electron chi connectivity index (χ4n) is 3.22. The third kappa shape index (κ3) is 3.46. The number of hydrogen-bond donors (Lipinski definition) is 1. The van der Waals surface area contributed by atoms with Gasteiger partial charge in [0.05, 0.1) is 5.69 Å². The molecule has 144 valence electrons. The highest BCUT2D eigenvalue weighted by molar-refractivity contribution is 7.89. The summed E-state index contributed by atoms with van der Waals surface area (Å²) >= 11 is 1.02. The molecule has 28 heavy (non-hydrogen) atoms. The van der Waals surface area contributed by atoms with Gasteiger partial charge in [-0.05, 0) is 41.1 Å². The van der Waals surface area contributed by atoms with E-state index in [9.17, 15) is 17.6 Å². The molecular weight excluding hydrogens is 399 g/mol. The second kappa shape index (κ2) is 7.46. The predicted octanol–water partition coefficient (Wildman–Crippen LogP) is 3.89. The molecular formula is C20H17FN2O3S2. The van der Waals surface area contributed by atoms with Gasteiger partial charge in [0.25, 0.3) is 5.91 Å². The van der Waals surface area contributed by atoms with Crippen LogP contribution in [0, 0.1) is 5.82 Å². The molecule has 0 spiro atoms. The van der Waals surface area contributed by atoms with Crippen LogP contribution >= 0.6 is 11.3 Å². The Kier molecular flexibility index (Phi) is 5.01. The van der Waals surface area contributed by atoms with Gasteiger partial charge in [0.15, 0.2) is 0 Å². The lowest BCUT2D eigenvalue weighted by Gasteiger charge is -2.28. The molecule has 0 bridgehead atoms. The van der Waals surface area contributed by atoms with Crippen molar-refractivity contribution in [2.24, 2.45) is 0 Å². The molecule has 0 unspecified atom stereocenters. The molecule has 1 amide bonds. The van der Waals surface area contributed by atoms with Gasteiger partial charge in [-0.15, -0.1) is 11.3 Å². The van der Waals surface area contributed by atoms with Gasteiger partial charge in [0, 0.05) is 13.1 Å². The van der Waals surface area contributed by atoms with Crippen LogP contribution in [-0.2, 0) is 23.0 Å². The number of thiophene rings is 1. The van der Waals surface area contributed by atoms with Crippen LogP contribution in [0.3, 0.4) is 0 Å². The average Bonchev–Trinajstić information content (AvgIpc) is 3.20. The van der Waals surface area contributed by atoms with Gasteiger partial charge in [-0.3, -0.25) is 4.79 Å². The van der Waals surface area contributed by atoms with Crippen molar-refractivity contribution in [3.8, 4) is 0 Å². The Morgan fingerprint density at radius 2 is 1.75 bits per heavy atom. The first-order valence-electron chi connectivity index (χ1n) is 8.67. The summed E-state index contributed by atoms with van der Waals surface area (Å²) in [6.07, 6.45) is 0.621. The summed E-state index contributed by atoms with van der Waals surface area (Å²) in [4.78, 5) is 12.6. The van der Waals surface area contributed by atoms with Crippen LogP contribution in [0.4, 0.5) is 10.1 Å².